The fourth-order valence-electron chi connectivity index (χ4n) is 1.37. The Labute approximate surface area is 71.7 Å². The molecule has 2 unspecified atom stereocenters. The van der Waals surface area contributed by atoms with Crippen molar-refractivity contribution >= 4 is 0 Å². The molecule has 0 aromatic rings. The Hall–Kier alpha value is -0.260. The van der Waals surface area contributed by atoms with Crippen molar-refractivity contribution in [2.24, 2.45) is 11.8 Å². The maximum atomic E-state index is 4.01. The molecule has 0 bridgehead atoms. The summed E-state index contributed by atoms with van der Waals surface area (Å²) in [6, 6.07) is 0. The van der Waals surface area contributed by atoms with Crippen LogP contribution in [0.2, 0.25) is 0 Å². The van der Waals surface area contributed by atoms with Gasteiger partial charge in [-0.15, -0.1) is 0 Å². The van der Waals surface area contributed by atoms with Gasteiger partial charge in [-0.05, 0) is 31.6 Å². The Bertz CT molecular complexity index is 113. The molecule has 0 saturated carbocycles. The second-order valence-electron chi connectivity index (χ2n) is 3.70. The monoisotopic (exact) mass is 154 g/mol. The number of hydrogen-bond donors (Lipinski definition) is 0. The highest BCUT2D eigenvalue weighted by Crippen LogP contribution is 2.23. The highest BCUT2D eigenvalue weighted by Gasteiger charge is 2.09. The lowest BCUT2D eigenvalue weighted by molar-refractivity contribution is 0.414. The summed E-state index contributed by atoms with van der Waals surface area (Å²) >= 11 is 0. The molecule has 0 aliphatic carbocycles. The van der Waals surface area contributed by atoms with Crippen LogP contribution in [-0.4, -0.2) is 0 Å². The third-order valence-electron chi connectivity index (χ3n) is 2.57. The summed E-state index contributed by atoms with van der Waals surface area (Å²) in [6.07, 6.45) is 3.87. The fraction of sp³-hybridized carbons (Fsp3) is 0.818. The van der Waals surface area contributed by atoms with Crippen LogP contribution in [0.1, 0.15) is 47.0 Å². The Morgan fingerprint density at radius 2 is 1.82 bits per heavy atom. The molecule has 0 aromatic carbocycles. The van der Waals surface area contributed by atoms with Crippen molar-refractivity contribution in [3.8, 4) is 0 Å². The zero-order chi connectivity index (χ0) is 8.85. The molecule has 0 rings (SSSR count). The van der Waals surface area contributed by atoms with Crippen LogP contribution in [0, 0.1) is 11.8 Å². The molecule has 0 spiro atoms. The van der Waals surface area contributed by atoms with E-state index < -0.39 is 0 Å². The smallest absolute Gasteiger partial charge is 0.0209 e. The Morgan fingerprint density at radius 3 is 2.09 bits per heavy atom. The Kier molecular flexibility index (Phi) is 5.27. The quantitative estimate of drug-likeness (QED) is 0.524. The van der Waals surface area contributed by atoms with Gasteiger partial charge in [0.25, 0.3) is 0 Å². The molecule has 0 aliphatic heterocycles. The third-order valence-corrected chi connectivity index (χ3v) is 2.57. The SMILES string of the molecule is C=C(C)C(CC)CC(C)CC. The van der Waals surface area contributed by atoms with E-state index in [1.165, 1.54) is 24.8 Å². The largest absolute Gasteiger partial charge is 0.0999 e. The van der Waals surface area contributed by atoms with Gasteiger partial charge in [-0.25, -0.2) is 0 Å². The highest BCUT2D eigenvalue weighted by atomic mass is 14.2. The van der Waals surface area contributed by atoms with Crippen molar-refractivity contribution in [2.45, 2.75) is 47.0 Å². The van der Waals surface area contributed by atoms with Gasteiger partial charge in [0.1, 0.15) is 0 Å². The summed E-state index contributed by atoms with van der Waals surface area (Å²) < 4.78 is 0. The lowest BCUT2D eigenvalue weighted by Crippen LogP contribution is -2.05. The van der Waals surface area contributed by atoms with E-state index in [0.717, 1.165) is 11.8 Å². The van der Waals surface area contributed by atoms with Crippen LogP contribution < -0.4 is 0 Å². The fourth-order valence-corrected chi connectivity index (χ4v) is 1.37. The Morgan fingerprint density at radius 1 is 1.27 bits per heavy atom. The van der Waals surface area contributed by atoms with E-state index in [-0.39, 0.29) is 0 Å². The lowest BCUT2D eigenvalue weighted by Gasteiger charge is -2.18. The second kappa shape index (κ2) is 5.40. The molecule has 0 amide bonds. The van der Waals surface area contributed by atoms with Gasteiger partial charge >= 0.3 is 0 Å². The topological polar surface area (TPSA) is 0 Å². The van der Waals surface area contributed by atoms with E-state index in [2.05, 4.69) is 34.3 Å². The highest BCUT2D eigenvalue weighted by molar-refractivity contribution is 4.95. The molecule has 0 fully saturated rings. The van der Waals surface area contributed by atoms with Crippen LogP contribution in [0.4, 0.5) is 0 Å². The summed E-state index contributed by atoms with van der Waals surface area (Å²) in [5.41, 5.74) is 1.35. The number of rotatable bonds is 5. The summed E-state index contributed by atoms with van der Waals surface area (Å²) in [7, 11) is 0. The average Bonchev–Trinajstić information content (AvgIpc) is 1.99. The standard InChI is InChI=1S/C11H22/c1-6-10(5)8-11(7-2)9(3)4/h10-11H,3,6-8H2,1-2,4-5H3. The molecule has 0 saturated heterocycles. The van der Waals surface area contributed by atoms with Crippen LogP contribution >= 0.6 is 0 Å². The normalized spacial score (nSPS) is 16.0. The Balaban J connectivity index is 3.77. The van der Waals surface area contributed by atoms with Crippen molar-refractivity contribution in [2.75, 3.05) is 0 Å². The molecule has 66 valence electrons. The number of hydrogen-bond acceptors (Lipinski definition) is 0. The van der Waals surface area contributed by atoms with Gasteiger partial charge < -0.3 is 0 Å². The molecule has 0 heteroatoms. The summed E-state index contributed by atoms with van der Waals surface area (Å²) in [5, 5.41) is 0. The second-order valence-corrected chi connectivity index (χ2v) is 3.70. The van der Waals surface area contributed by atoms with Gasteiger partial charge in [-0.3, -0.25) is 0 Å². The number of allylic oxidation sites excluding steroid dienone is 1. The first kappa shape index (κ1) is 10.7. The van der Waals surface area contributed by atoms with Gasteiger partial charge in [-0.1, -0.05) is 39.3 Å². The third kappa shape index (κ3) is 4.23. The van der Waals surface area contributed by atoms with Crippen molar-refractivity contribution in [3.05, 3.63) is 12.2 Å². The zero-order valence-electron chi connectivity index (χ0n) is 8.48. The zero-order valence-corrected chi connectivity index (χ0v) is 8.48. The van der Waals surface area contributed by atoms with Crippen LogP contribution in [0.25, 0.3) is 0 Å². The molecule has 0 heterocycles. The van der Waals surface area contributed by atoms with E-state index in [4.69, 9.17) is 0 Å². The minimum atomic E-state index is 0.755. The first-order valence-corrected chi connectivity index (χ1v) is 4.77. The maximum Gasteiger partial charge on any atom is -0.0209 e. The van der Waals surface area contributed by atoms with Gasteiger partial charge in [0.05, 0.1) is 0 Å². The minimum Gasteiger partial charge on any atom is -0.0999 e. The van der Waals surface area contributed by atoms with Crippen LogP contribution in [0.3, 0.4) is 0 Å². The first-order chi connectivity index (χ1) is 5.11. The van der Waals surface area contributed by atoms with Gasteiger partial charge in [0.2, 0.25) is 0 Å². The molecule has 0 nitrogen and oxygen atoms in total. The molecule has 0 aromatic heterocycles. The van der Waals surface area contributed by atoms with Crippen LogP contribution in [0.15, 0.2) is 12.2 Å². The van der Waals surface area contributed by atoms with Gasteiger partial charge in [0.15, 0.2) is 0 Å². The summed E-state index contributed by atoms with van der Waals surface area (Å²) in [6.45, 7) is 13.0. The molecule has 0 N–H and O–H groups in total. The van der Waals surface area contributed by atoms with Gasteiger partial charge in [0, 0.05) is 0 Å². The van der Waals surface area contributed by atoms with Crippen molar-refractivity contribution in [1.29, 1.82) is 0 Å². The molecular formula is C11H22. The molecule has 0 aliphatic rings. The van der Waals surface area contributed by atoms with Crippen molar-refractivity contribution in [3.63, 3.8) is 0 Å². The predicted molar refractivity (Wildman–Crippen MR) is 52.7 cm³/mol. The predicted octanol–water partition coefficient (Wildman–Crippen LogP) is 4.02. The van der Waals surface area contributed by atoms with E-state index in [0.29, 0.717) is 0 Å². The van der Waals surface area contributed by atoms with Crippen molar-refractivity contribution in [1.82, 2.24) is 0 Å². The molecule has 2 atom stereocenters. The molecule has 11 heavy (non-hydrogen) atoms. The lowest BCUT2D eigenvalue weighted by atomic mass is 9.88. The van der Waals surface area contributed by atoms with Gasteiger partial charge in [-0.2, -0.15) is 0 Å². The first-order valence-electron chi connectivity index (χ1n) is 4.77. The summed E-state index contributed by atoms with van der Waals surface area (Å²) in [5.74, 6) is 1.61. The molecular weight excluding hydrogens is 132 g/mol. The molecule has 0 radical (unpaired) electrons. The van der Waals surface area contributed by atoms with Crippen molar-refractivity contribution < 1.29 is 0 Å². The van der Waals surface area contributed by atoms with Crippen LogP contribution in [0.5, 0.6) is 0 Å². The average molecular weight is 154 g/mol. The maximum absolute atomic E-state index is 4.01. The summed E-state index contributed by atoms with van der Waals surface area (Å²) in [4.78, 5) is 0. The van der Waals surface area contributed by atoms with E-state index >= 15 is 0 Å². The van der Waals surface area contributed by atoms with Crippen LogP contribution in [-0.2, 0) is 0 Å². The minimum absolute atomic E-state index is 0.755. The van der Waals surface area contributed by atoms with E-state index in [9.17, 15) is 0 Å². The van der Waals surface area contributed by atoms with E-state index in [1.54, 1.807) is 0 Å². The van der Waals surface area contributed by atoms with E-state index in [1.807, 2.05) is 0 Å².